The second kappa shape index (κ2) is 6.32. The first-order valence-electron chi connectivity index (χ1n) is 8.80. The molecule has 4 heterocycles. The van der Waals surface area contributed by atoms with E-state index in [-0.39, 0.29) is 0 Å². The molecular weight excluding hydrogens is 360 g/mol. The fourth-order valence-corrected chi connectivity index (χ4v) is 3.84. The van der Waals surface area contributed by atoms with Crippen LogP contribution in [0.15, 0.2) is 49.1 Å². The highest BCUT2D eigenvalue weighted by Crippen LogP contribution is 2.30. The van der Waals surface area contributed by atoms with Gasteiger partial charge >= 0.3 is 0 Å². The molecule has 6 nitrogen and oxygen atoms in total. The Morgan fingerprint density at radius 2 is 2.00 bits per heavy atom. The number of pyridine rings is 1. The maximum Gasteiger partial charge on any atom is 0.140 e. The average Bonchev–Trinajstić information content (AvgIpc) is 3.12. The van der Waals surface area contributed by atoms with E-state index in [1.807, 2.05) is 42.2 Å². The van der Waals surface area contributed by atoms with Gasteiger partial charge in [0.05, 0.1) is 11.2 Å². The summed E-state index contributed by atoms with van der Waals surface area (Å²) in [5.74, 6) is 0.916. The number of fused-ring (bicyclic) bond motifs is 2. The molecule has 0 unspecified atom stereocenters. The van der Waals surface area contributed by atoms with Crippen molar-refractivity contribution < 1.29 is 0 Å². The molecule has 0 aliphatic carbocycles. The summed E-state index contributed by atoms with van der Waals surface area (Å²) in [4.78, 5) is 15.9. The number of rotatable bonds is 2. The number of anilines is 1. The molecule has 134 valence electrons. The summed E-state index contributed by atoms with van der Waals surface area (Å²) in [5.41, 5.74) is 5.40. The van der Waals surface area contributed by atoms with Gasteiger partial charge in [-0.25, -0.2) is 9.97 Å². The van der Waals surface area contributed by atoms with E-state index in [0.29, 0.717) is 5.02 Å². The Hall–Kier alpha value is -2.99. The molecule has 1 aliphatic heterocycles. The molecule has 1 aromatic carbocycles. The number of aromatic nitrogens is 5. The third kappa shape index (κ3) is 2.82. The van der Waals surface area contributed by atoms with Crippen molar-refractivity contribution in [3.8, 4) is 11.3 Å². The molecule has 1 aliphatic rings. The maximum atomic E-state index is 6.21. The van der Waals surface area contributed by atoms with Gasteiger partial charge in [-0.2, -0.15) is 5.10 Å². The summed E-state index contributed by atoms with van der Waals surface area (Å²) in [6.07, 6.45) is 6.24. The summed E-state index contributed by atoms with van der Waals surface area (Å²) >= 11 is 6.21. The third-order valence-electron chi connectivity index (χ3n) is 5.03. The normalized spacial score (nSPS) is 13.8. The number of nitrogens with zero attached hydrogens (tertiary/aromatic N) is 6. The number of hydrogen-bond donors (Lipinski definition) is 0. The summed E-state index contributed by atoms with van der Waals surface area (Å²) in [5, 5.41) is 5.93. The zero-order valence-corrected chi connectivity index (χ0v) is 15.6. The molecule has 0 atom stereocenters. The largest absolute Gasteiger partial charge is 0.351 e. The van der Waals surface area contributed by atoms with E-state index >= 15 is 0 Å². The molecule has 0 radical (unpaired) electrons. The Balaban J connectivity index is 1.54. The molecule has 0 saturated carbocycles. The first-order chi connectivity index (χ1) is 13.2. The van der Waals surface area contributed by atoms with Crippen molar-refractivity contribution in [1.82, 2.24) is 24.7 Å². The van der Waals surface area contributed by atoms with Crippen LogP contribution in [0, 0.1) is 0 Å². The topological polar surface area (TPSA) is 59.7 Å². The molecule has 0 fully saturated rings. The number of benzene rings is 1. The molecule has 0 spiro atoms. The van der Waals surface area contributed by atoms with E-state index in [4.69, 9.17) is 16.6 Å². The van der Waals surface area contributed by atoms with Crippen molar-refractivity contribution in [2.24, 2.45) is 7.05 Å². The Morgan fingerprint density at radius 3 is 2.85 bits per heavy atom. The predicted octanol–water partition coefficient (Wildman–Crippen LogP) is 3.64. The molecule has 0 saturated heterocycles. The molecule has 0 amide bonds. The highest BCUT2D eigenvalue weighted by molar-refractivity contribution is 6.31. The molecule has 5 rings (SSSR count). The lowest BCUT2D eigenvalue weighted by Gasteiger charge is -2.30. The van der Waals surface area contributed by atoms with Crippen LogP contribution in [-0.4, -0.2) is 31.3 Å². The summed E-state index contributed by atoms with van der Waals surface area (Å²) < 4.78 is 1.87. The Kier molecular flexibility index (Phi) is 3.79. The van der Waals surface area contributed by atoms with Crippen LogP contribution >= 0.6 is 11.6 Å². The predicted molar refractivity (Wildman–Crippen MR) is 106 cm³/mol. The van der Waals surface area contributed by atoms with Crippen LogP contribution in [0.1, 0.15) is 11.3 Å². The summed E-state index contributed by atoms with van der Waals surface area (Å²) in [6.45, 7) is 1.62. The maximum absolute atomic E-state index is 6.21. The highest BCUT2D eigenvalue weighted by atomic mass is 35.5. The SMILES string of the molecule is Cn1nccc1-c1cnc2c(c1)CN(c1ncnc3ccc(Cl)cc13)CC2. The van der Waals surface area contributed by atoms with Crippen molar-refractivity contribution in [2.45, 2.75) is 13.0 Å². The zero-order valence-electron chi connectivity index (χ0n) is 14.8. The molecule has 27 heavy (non-hydrogen) atoms. The van der Waals surface area contributed by atoms with Gasteiger partial charge in [-0.3, -0.25) is 9.67 Å². The van der Waals surface area contributed by atoms with Gasteiger partial charge in [-0.05, 0) is 35.9 Å². The number of hydrogen-bond acceptors (Lipinski definition) is 5. The smallest absolute Gasteiger partial charge is 0.140 e. The summed E-state index contributed by atoms with van der Waals surface area (Å²) in [7, 11) is 1.94. The minimum Gasteiger partial charge on any atom is -0.351 e. The van der Waals surface area contributed by atoms with Crippen LogP contribution in [0.25, 0.3) is 22.2 Å². The standard InChI is InChI=1S/C20H17ClN6/c1-26-19(4-6-25-26)13-8-14-11-27(7-5-17(14)22-10-13)20-16-9-15(21)2-3-18(16)23-12-24-20/h2-4,6,8-10,12H,5,7,11H2,1H3. The van der Waals surface area contributed by atoms with E-state index in [0.717, 1.165) is 53.2 Å². The van der Waals surface area contributed by atoms with E-state index in [2.05, 4.69) is 26.0 Å². The van der Waals surface area contributed by atoms with Crippen molar-refractivity contribution in [2.75, 3.05) is 11.4 Å². The first-order valence-corrected chi connectivity index (χ1v) is 9.18. The molecule has 4 aromatic rings. The molecule has 3 aromatic heterocycles. The van der Waals surface area contributed by atoms with Crippen molar-refractivity contribution >= 4 is 28.3 Å². The lowest BCUT2D eigenvalue weighted by Crippen LogP contribution is -2.31. The van der Waals surface area contributed by atoms with Gasteiger partial charge in [0.1, 0.15) is 12.1 Å². The molecule has 0 bridgehead atoms. The van der Waals surface area contributed by atoms with Gasteiger partial charge in [-0.15, -0.1) is 0 Å². The highest BCUT2D eigenvalue weighted by Gasteiger charge is 2.21. The van der Waals surface area contributed by atoms with Crippen LogP contribution in [0.2, 0.25) is 5.02 Å². The van der Waals surface area contributed by atoms with Crippen LogP contribution < -0.4 is 4.90 Å². The lowest BCUT2D eigenvalue weighted by molar-refractivity contribution is 0.704. The van der Waals surface area contributed by atoms with Gasteiger partial charge in [0, 0.05) is 60.6 Å². The van der Waals surface area contributed by atoms with Crippen LogP contribution in [0.4, 0.5) is 5.82 Å². The van der Waals surface area contributed by atoms with E-state index < -0.39 is 0 Å². The minimum atomic E-state index is 0.691. The molecular formula is C20H17ClN6. The van der Waals surface area contributed by atoms with Gasteiger partial charge in [0.15, 0.2) is 0 Å². The van der Waals surface area contributed by atoms with Crippen molar-refractivity contribution in [3.05, 3.63) is 65.3 Å². The zero-order chi connectivity index (χ0) is 18.4. The minimum absolute atomic E-state index is 0.691. The molecule has 7 heteroatoms. The lowest BCUT2D eigenvalue weighted by atomic mass is 10.0. The van der Waals surface area contributed by atoms with E-state index in [1.165, 1.54) is 5.56 Å². The molecule has 0 N–H and O–H groups in total. The second-order valence-corrected chi connectivity index (χ2v) is 7.14. The number of halogens is 1. The monoisotopic (exact) mass is 376 g/mol. The quantitative estimate of drug-likeness (QED) is 0.534. The van der Waals surface area contributed by atoms with Gasteiger partial charge in [-0.1, -0.05) is 11.6 Å². The Labute approximate surface area is 161 Å². The second-order valence-electron chi connectivity index (χ2n) is 6.70. The van der Waals surface area contributed by atoms with E-state index in [9.17, 15) is 0 Å². The van der Waals surface area contributed by atoms with Gasteiger partial charge in [0.25, 0.3) is 0 Å². The van der Waals surface area contributed by atoms with Crippen molar-refractivity contribution in [1.29, 1.82) is 0 Å². The third-order valence-corrected chi connectivity index (χ3v) is 5.27. The van der Waals surface area contributed by atoms with Gasteiger partial charge < -0.3 is 4.90 Å². The van der Waals surface area contributed by atoms with Crippen molar-refractivity contribution in [3.63, 3.8) is 0 Å². The van der Waals surface area contributed by atoms with E-state index in [1.54, 1.807) is 12.5 Å². The fraction of sp³-hybridized carbons (Fsp3) is 0.200. The van der Waals surface area contributed by atoms with Crippen LogP contribution in [-0.2, 0) is 20.0 Å². The fourth-order valence-electron chi connectivity index (χ4n) is 3.67. The Bertz CT molecular complexity index is 1150. The Morgan fingerprint density at radius 1 is 1.07 bits per heavy atom. The van der Waals surface area contributed by atoms with Crippen LogP contribution in [0.5, 0.6) is 0 Å². The van der Waals surface area contributed by atoms with Gasteiger partial charge in [0.2, 0.25) is 0 Å². The number of aryl methyl sites for hydroxylation is 1. The summed E-state index contributed by atoms with van der Waals surface area (Å²) in [6, 6.07) is 9.94. The van der Waals surface area contributed by atoms with Crippen LogP contribution in [0.3, 0.4) is 0 Å². The average molecular weight is 377 g/mol. The first kappa shape index (κ1) is 16.2.